The summed E-state index contributed by atoms with van der Waals surface area (Å²) in [6, 6.07) is 10.8. The van der Waals surface area contributed by atoms with Gasteiger partial charge in [-0.25, -0.2) is 18.0 Å². The van der Waals surface area contributed by atoms with E-state index in [1.165, 1.54) is 7.11 Å². The Morgan fingerprint density at radius 2 is 2.04 bits per heavy atom. The number of fused-ring (bicyclic) bond motifs is 1. The van der Waals surface area contributed by atoms with Gasteiger partial charge in [0.1, 0.15) is 0 Å². The van der Waals surface area contributed by atoms with Crippen LogP contribution in [0.2, 0.25) is 0 Å². The van der Waals surface area contributed by atoms with Gasteiger partial charge in [-0.05, 0) is 34.1 Å². The second-order valence-corrected chi connectivity index (χ2v) is 7.64. The van der Waals surface area contributed by atoms with Gasteiger partial charge in [0.2, 0.25) is 0 Å². The first-order chi connectivity index (χ1) is 11.6. The van der Waals surface area contributed by atoms with E-state index in [9.17, 15) is 9.00 Å². The quantitative estimate of drug-likeness (QED) is 0.425. The number of rotatable bonds is 4. The van der Waals surface area contributed by atoms with Gasteiger partial charge in [0.05, 0.1) is 23.3 Å². The Kier molecular flexibility index (Phi) is 5.17. The number of ether oxygens (including phenoxy) is 1. The molecule has 0 saturated carbocycles. The number of hydrogen-bond donors (Lipinski definition) is 0. The third-order valence-corrected chi connectivity index (χ3v) is 5.82. The molecule has 2 aromatic heterocycles. The highest BCUT2D eigenvalue weighted by atomic mass is 79.9. The van der Waals surface area contributed by atoms with E-state index in [0.29, 0.717) is 32.5 Å². The molecular weight excluding hydrogens is 460 g/mol. The molecular formula is C16H12Br2N2O3S. The molecule has 0 saturated heterocycles. The fourth-order valence-electron chi connectivity index (χ4n) is 2.43. The summed E-state index contributed by atoms with van der Waals surface area (Å²) in [7, 11) is -0.214. The van der Waals surface area contributed by atoms with Crippen molar-refractivity contribution in [3.8, 4) is 0 Å². The molecule has 1 aromatic carbocycles. The third kappa shape index (κ3) is 2.94. The molecule has 0 aliphatic heterocycles. The van der Waals surface area contributed by atoms with Crippen LogP contribution in [-0.4, -0.2) is 26.2 Å². The summed E-state index contributed by atoms with van der Waals surface area (Å²) in [6.07, 6.45) is 1.61. The van der Waals surface area contributed by atoms with Crippen LogP contribution in [0, 0.1) is 0 Å². The second kappa shape index (κ2) is 7.16. The van der Waals surface area contributed by atoms with Gasteiger partial charge >= 0.3 is 5.97 Å². The van der Waals surface area contributed by atoms with Gasteiger partial charge in [0.25, 0.3) is 0 Å². The first kappa shape index (κ1) is 17.3. The van der Waals surface area contributed by atoms with Crippen molar-refractivity contribution in [2.75, 3.05) is 7.11 Å². The fourth-order valence-corrected chi connectivity index (χ4v) is 4.72. The van der Waals surface area contributed by atoms with E-state index in [0.717, 1.165) is 4.47 Å². The van der Waals surface area contributed by atoms with Gasteiger partial charge in [-0.2, -0.15) is 0 Å². The van der Waals surface area contributed by atoms with E-state index >= 15 is 0 Å². The van der Waals surface area contributed by atoms with Gasteiger partial charge in [0.15, 0.2) is 16.6 Å². The number of benzene rings is 1. The van der Waals surface area contributed by atoms with Crippen LogP contribution in [0.1, 0.15) is 16.1 Å². The number of nitrogens with zero attached hydrogens (tertiary/aromatic N) is 2. The number of carbonyl (C=O) groups excluding carboxylic acids is 1. The molecule has 0 N–H and O–H groups in total. The molecule has 0 radical (unpaired) electrons. The molecule has 0 aliphatic rings. The Hall–Kier alpha value is -1.51. The number of hydrogen-bond acceptors (Lipinski definition) is 4. The standard InChI is InChI=1S/C16H12Br2N2O3S/c1-23-16(21)14-12-7-10(18)9-19-15(12)20(13(14)8-17)24(22)11-5-3-2-4-6-11/h2-7,9H,8H2,1H3. The Morgan fingerprint density at radius 3 is 2.67 bits per heavy atom. The van der Waals surface area contributed by atoms with Crippen molar-refractivity contribution in [3.63, 3.8) is 0 Å². The first-order valence-electron chi connectivity index (χ1n) is 6.89. The summed E-state index contributed by atoms with van der Waals surface area (Å²) < 4.78 is 20.3. The molecule has 1 unspecified atom stereocenters. The molecule has 0 amide bonds. The summed E-state index contributed by atoms with van der Waals surface area (Å²) in [5.41, 5.74) is 1.39. The number of methoxy groups -OCH3 is 1. The average Bonchev–Trinajstić information content (AvgIpc) is 2.94. The normalized spacial score (nSPS) is 12.3. The lowest BCUT2D eigenvalue weighted by Gasteiger charge is -2.08. The van der Waals surface area contributed by atoms with Gasteiger partial charge in [-0.15, -0.1) is 0 Å². The van der Waals surface area contributed by atoms with Gasteiger partial charge in [-0.1, -0.05) is 34.1 Å². The zero-order chi connectivity index (χ0) is 17.3. The molecule has 124 valence electrons. The van der Waals surface area contributed by atoms with Crippen molar-refractivity contribution in [2.45, 2.75) is 10.2 Å². The van der Waals surface area contributed by atoms with E-state index in [1.807, 2.05) is 18.2 Å². The summed E-state index contributed by atoms with van der Waals surface area (Å²) in [5, 5.41) is 0.930. The minimum Gasteiger partial charge on any atom is -0.465 e. The highest BCUT2D eigenvalue weighted by Gasteiger charge is 2.26. The molecule has 3 aromatic rings. The van der Waals surface area contributed by atoms with Crippen molar-refractivity contribution in [3.05, 3.63) is 58.3 Å². The van der Waals surface area contributed by atoms with Crippen LogP contribution >= 0.6 is 31.9 Å². The van der Waals surface area contributed by atoms with Crippen molar-refractivity contribution in [1.29, 1.82) is 0 Å². The maximum Gasteiger partial charge on any atom is 0.340 e. The van der Waals surface area contributed by atoms with Crippen LogP contribution in [0.25, 0.3) is 11.0 Å². The van der Waals surface area contributed by atoms with Gasteiger partial charge in [0, 0.05) is 21.4 Å². The highest BCUT2D eigenvalue weighted by Crippen LogP contribution is 2.31. The fraction of sp³-hybridized carbons (Fsp3) is 0.125. The Bertz CT molecular complexity index is 941. The molecule has 1 atom stereocenters. The van der Waals surface area contributed by atoms with Crippen molar-refractivity contribution in [2.24, 2.45) is 0 Å². The molecule has 0 aliphatic carbocycles. The Balaban J connectivity index is 2.35. The maximum atomic E-state index is 13.1. The Morgan fingerprint density at radius 1 is 1.33 bits per heavy atom. The van der Waals surface area contributed by atoms with Crippen molar-refractivity contribution < 1.29 is 13.7 Å². The summed E-state index contributed by atoms with van der Waals surface area (Å²) in [4.78, 5) is 17.3. The van der Waals surface area contributed by atoms with Gasteiger partial charge < -0.3 is 4.74 Å². The summed E-state index contributed by atoms with van der Waals surface area (Å²) in [6.45, 7) is 0. The number of halogens is 2. The van der Waals surface area contributed by atoms with E-state index in [1.54, 1.807) is 28.4 Å². The lowest BCUT2D eigenvalue weighted by molar-refractivity contribution is 0.0602. The van der Waals surface area contributed by atoms with E-state index < -0.39 is 17.0 Å². The summed E-state index contributed by atoms with van der Waals surface area (Å²) in [5.74, 6) is -0.488. The molecule has 3 rings (SSSR count). The van der Waals surface area contributed by atoms with Crippen LogP contribution < -0.4 is 0 Å². The zero-order valence-electron chi connectivity index (χ0n) is 12.5. The topological polar surface area (TPSA) is 61.2 Å². The Labute approximate surface area is 157 Å². The van der Waals surface area contributed by atoms with Crippen LogP contribution in [0.3, 0.4) is 0 Å². The number of pyridine rings is 1. The van der Waals surface area contributed by atoms with Crippen LogP contribution in [0.4, 0.5) is 0 Å². The number of carbonyl (C=O) groups is 1. The SMILES string of the molecule is COC(=O)c1c(CBr)n(S(=O)c2ccccc2)c2ncc(Br)cc12. The smallest absolute Gasteiger partial charge is 0.340 e. The molecule has 0 fully saturated rings. The lowest BCUT2D eigenvalue weighted by atomic mass is 10.2. The van der Waals surface area contributed by atoms with E-state index in [-0.39, 0.29) is 0 Å². The van der Waals surface area contributed by atoms with E-state index in [2.05, 4.69) is 36.8 Å². The lowest BCUT2D eigenvalue weighted by Crippen LogP contribution is -2.11. The predicted octanol–water partition coefficient (Wildman–Crippen LogP) is 4.05. The van der Waals surface area contributed by atoms with Crippen molar-refractivity contribution in [1.82, 2.24) is 8.96 Å². The second-order valence-electron chi connectivity index (χ2n) is 4.83. The van der Waals surface area contributed by atoms with Gasteiger partial charge in [-0.3, -0.25) is 0 Å². The highest BCUT2D eigenvalue weighted by molar-refractivity contribution is 9.10. The predicted molar refractivity (Wildman–Crippen MR) is 99.7 cm³/mol. The monoisotopic (exact) mass is 470 g/mol. The van der Waals surface area contributed by atoms with Crippen LogP contribution in [-0.2, 0) is 21.1 Å². The maximum absolute atomic E-state index is 13.1. The number of aromatic nitrogens is 2. The molecule has 8 heteroatoms. The zero-order valence-corrected chi connectivity index (χ0v) is 16.5. The largest absolute Gasteiger partial charge is 0.465 e. The molecule has 2 heterocycles. The van der Waals surface area contributed by atoms with E-state index in [4.69, 9.17) is 4.74 Å². The first-order valence-corrected chi connectivity index (χ1v) is 9.91. The number of alkyl halides is 1. The molecule has 0 spiro atoms. The molecule has 5 nitrogen and oxygen atoms in total. The van der Waals surface area contributed by atoms with Crippen molar-refractivity contribution >= 4 is 59.8 Å². The third-order valence-electron chi connectivity index (χ3n) is 3.46. The van der Waals surface area contributed by atoms with Crippen LogP contribution in [0.15, 0.2) is 52.0 Å². The number of esters is 1. The average molecular weight is 472 g/mol. The van der Waals surface area contributed by atoms with Crippen LogP contribution in [0.5, 0.6) is 0 Å². The minimum atomic E-state index is -1.54. The molecule has 0 bridgehead atoms. The molecule has 24 heavy (non-hydrogen) atoms. The summed E-state index contributed by atoms with van der Waals surface area (Å²) >= 11 is 6.76. The minimum absolute atomic E-state index is 0.337.